The van der Waals surface area contributed by atoms with Gasteiger partial charge in [-0.2, -0.15) is 4.98 Å². The summed E-state index contributed by atoms with van der Waals surface area (Å²) in [7, 11) is 0. The lowest BCUT2D eigenvalue weighted by molar-refractivity contribution is 0.102. The summed E-state index contributed by atoms with van der Waals surface area (Å²) < 4.78 is 6.02. The van der Waals surface area contributed by atoms with Crippen LogP contribution >= 0.6 is 22.7 Å². The summed E-state index contributed by atoms with van der Waals surface area (Å²) in [4.78, 5) is 22.3. The van der Waals surface area contributed by atoms with E-state index in [9.17, 15) is 4.79 Å². The van der Waals surface area contributed by atoms with Crippen LogP contribution in [-0.4, -0.2) is 21.0 Å². The van der Waals surface area contributed by atoms with Gasteiger partial charge < -0.3 is 4.52 Å². The topological polar surface area (TPSA) is 80.9 Å². The number of benzene rings is 1. The molecule has 0 fully saturated rings. The highest BCUT2D eigenvalue weighted by molar-refractivity contribution is 7.26. The number of hydrogen-bond donors (Lipinski definition) is 1. The number of nitrogens with one attached hydrogen (secondary N) is 1. The fraction of sp³-hybridized carbons (Fsp3) is 0.0667. The van der Waals surface area contributed by atoms with E-state index in [1.165, 1.54) is 11.3 Å². The van der Waals surface area contributed by atoms with Crippen LogP contribution in [0, 0.1) is 6.92 Å². The number of rotatable bonds is 3. The summed E-state index contributed by atoms with van der Waals surface area (Å²) in [5, 5.41) is 7.13. The van der Waals surface area contributed by atoms with Gasteiger partial charge in [0.25, 0.3) is 5.91 Å². The highest BCUT2D eigenvalue weighted by Crippen LogP contribution is 2.34. The predicted molar refractivity (Wildman–Crippen MR) is 89.9 cm³/mol. The number of carbonyl (C=O) groups excluding carboxylic acids is 1. The average Bonchev–Trinajstić information content (AvgIpc) is 3.25. The van der Waals surface area contributed by atoms with Gasteiger partial charge in [-0.1, -0.05) is 17.3 Å². The lowest BCUT2D eigenvalue weighted by atomic mass is 10.3. The molecule has 0 unspecified atom stereocenters. The van der Waals surface area contributed by atoms with Crippen LogP contribution in [0.2, 0.25) is 0 Å². The lowest BCUT2D eigenvalue weighted by Gasteiger charge is -1.95. The van der Waals surface area contributed by atoms with Gasteiger partial charge in [-0.25, -0.2) is 4.98 Å². The third kappa shape index (κ3) is 2.73. The van der Waals surface area contributed by atoms with E-state index >= 15 is 0 Å². The minimum Gasteiger partial charge on any atom is -0.315 e. The summed E-state index contributed by atoms with van der Waals surface area (Å²) in [6.45, 7) is 1.69. The van der Waals surface area contributed by atoms with Crippen LogP contribution in [0.15, 0.2) is 40.9 Å². The summed E-state index contributed by atoms with van der Waals surface area (Å²) >= 11 is 2.99. The van der Waals surface area contributed by atoms with Gasteiger partial charge in [0.15, 0.2) is 5.82 Å². The van der Waals surface area contributed by atoms with E-state index in [0.717, 1.165) is 20.1 Å². The molecule has 6 nitrogen and oxygen atoms in total. The molecule has 1 amide bonds. The minimum absolute atomic E-state index is 0.0995. The smallest absolute Gasteiger partial charge is 0.315 e. The monoisotopic (exact) mass is 342 g/mol. The van der Waals surface area contributed by atoms with Crippen molar-refractivity contribution in [2.75, 3.05) is 5.32 Å². The molecule has 1 aromatic carbocycles. The van der Waals surface area contributed by atoms with Crippen molar-refractivity contribution in [1.82, 2.24) is 15.1 Å². The number of para-hydroxylation sites is 1. The Morgan fingerprint density at radius 3 is 2.78 bits per heavy atom. The number of anilines is 1. The van der Waals surface area contributed by atoms with Crippen molar-refractivity contribution in [3.63, 3.8) is 0 Å². The van der Waals surface area contributed by atoms with Crippen molar-refractivity contribution in [1.29, 1.82) is 0 Å². The zero-order valence-electron chi connectivity index (χ0n) is 11.9. The number of amides is 1. The molecule has 8 heteroatoms. The van der Waals surface area contributed by atoms with Crippen LogP contribution in [0.3, 0.4) is 0 Å². The van der Waals surface area contributed by atoms with Crippen LogP contribution in [0.1, 0.15) is 15.5 Å². The summed E-state index contributed by atoms with van der Waals surface area (Å²) in [6.07, 6.45) is 0. The van der Waals surface area contributed by atoms with E-state index in [0.29, 0.717) is 10.7 Å². The molecule has 0 saturated heterocycles. The van der Waals surface area contributed by atoms with E-state index in [1.807, 2.05) is 30.3 Å². The van der Waals surface area contributed by atoms with E-state index in [4.69, 9.17) is 4.52 Å². The van der Waals surface area contributed by atoms with Crippen LogP contribution in [-0.2, 0) is 0 Å². The number of thiophene rings is 1. The number of hydrogen-bond acceptors (Lipinski definition) is 7. The molecule has 0 atom stereocenters. The minimum atomic E-state index is -0.272. The maximum Gasteiger partial charge on any atom is 0.328 e. The van der Waals surface area contributed by atoms with Gasteiger partial charge in [-0.15, -0.1) is 22.7 Å². The van der Waals surface area contributed by atoms with Gasteiger partial charge >= 0.3 is 6.01 Å². The molecule has 3 aromatic heterocycles. The largest absolute Gasteiger partial charge is 0.328 e. The second kappa shape index (κ2) is 5.56. The SMILES string of the molecule is Cc1noc(NC(=O)c2ccc(-c3nc4ccccc4s3)s2)n1. The molecule has 114 valence electrons. The number of aromatic nitrogens is 3. The van der Waals surface area contributed by atoms with Gasteiger partial charge in [0, 0.05) is 0 Å². The third-order valence-corrected chi connectivity index (χ3v) is 5.37. The number of fused-ring (bicyclic) bond motifs is 1. The number of nitrogens with zero attached hydrogens (tertiary/aromatic N) is 3. The van der Waals surface area contributed by atoms with E-state index < -0.39 is 0 Å². The molecule has 0 aliphatic rings. The Balaban J connectivity index is 1.59. The first-order chi connectivity index (χ1) is 11.2. The highest BCUT2D eigenvalue weighted by Gasteiger charge is 2.15. The van der Waals surface area contributed by atoms with Crippen LogP contribution in [0.4, 0.5) is 6.01 Å². The first-order valence-electron chi connectivity index (χ1n) is 6.76. The van der Waals surface area contributed by atoms with Crippen molar-refractivity contribution in [2.24, 2.45) is 0 Å². The van der Waals surface area contributed by atoms with Crippen molar-refractivity contribution in [2.45, 2.75) is 6.92 Å². The third-order valence-electron chi connectivity index (χ3n) is 3.08. The maximum absolute atomic E-state index is 12.2. The van der Waals surface area contributed by atoms with Crippen LogP contribution in [0.25, 0.3) is 20.1 Å². The Morgan fingerprint density at radius 1 is 1.13 bits per heavy atom. The highest BCUT2D eigenvalue weighted by atomic mass is 32.1. The normalized spacial score (nSPS) is 11.0. The zero-order chi connectivity index (χ0) is 15.8. The first kappa shape index (κ1) is 14.0. The standard InChI is InChI=1S/C15H10N4O2S2/c1-8-16-15(21-19-8)18-13(20)11-6-7-12(22-11)14-17-9-4-2-3-5-10(9)23-14/h2-7H,1H3,(H,16,18,19,20). The molecular formula is C15H10N4O2S2. The summed E-state index contributed by atoms with van der Waals surface area (Å²) in [5.74, 6) is 0.202. The molecular weight excluding hydrogens is 332 g/mol. The second-order valence-electron chi connectivity index (χ2n) is 4.75. The van der Waals surface area contributed by atoms with Gasteiger partial charge in [0.2, 0.25) is 0 Å². The van der Waals surface area contributed by atoms with Crippen molar-refractivity contribution in [3.05, 3.63) is 47.1 Å². The molecule has 0 aliphatic heterocycles. The van der Waals surface area contributed by atoms with E-state index in [-0.39, 0.29) is 11.9 Å². The molecule has 0 radical (unpaired) electrons. The Kier molecular flexibility index (Phi) is 3.40. The molecule has 4 rings (SSSR count). The lowest BCUT2D eigenvalue weighted by Crippen LogP contribution is -2.10. The Hall–Kier alpha value is -2.58. The Morgan fingerprint density at radius 2 is 2.00 bits per heavy atom. The average molecular weight is 342 g/mol. The second-order valence-corrected chi connectivity index (χ2v) is 6.87. The Bertz CT molecular complexity index is 969. The first-order valence-corrected chi connectivity index (χ1v) is 8.40. The van der Waals surface area contributed by atoms with Gasteiger partial charge in [0.05, 0.1) is 20.0 Å². The fourth-order valence-corrected chi connectivity index (χ4v) is 3.98. The molecule has 3 heterocycles. The summed E-state index contributed by atoms with van der Waals surface area (Å²) in [5.41, 5.74) is 0.966. The predicted octanol–water partition coefficient (Wildman–Crippen LogP) is 3.97. The number of thiazole rings is 1. The van der Waals surface area contributed by atoms with Gasteiger partial charge in [-0.05, 0) is 31.2 Å². The molecule has 1 N–H and O–H groups in total. The van der Waals surface area contributed by atoms with Gasteiger partial charge in [0.1, 0.15) is 5.01 Å². The molecule has 0 bridgehead atoms. The Labute approximate surface area is 138 Å². The number of aryl methyl sites for hydroxylation is 1. The molecule has 0 spiro atoms. The maximum atomic E-state index is 12.2. The fourth-order valence-electron chi connectivity index (χ4n) is 2.06. The number of carbonyl (C=O) groups is 1. The molecule has 0 aliphatic carbocycles. The summed E-state index contributed by atoms with van der Waals surface area (Å²) in [6, 6.07) is 11.7. The van der Waals surface area contributed by atoms with E-state index in [1.54, 1.807) is 24.3 Å². The molecule has 0 saturated carbocycles. The van der Waals surface area contributed by atoms with Crippen molar-refractivity contribution in [3.8, 4) is 9.88 Å². The molecule has 23 heavy (non-hydrogen) atoms. The molecule has 4 aromatic rings. The van der Waals surface area contributed by atoms with Crippen LogP contribution in [0.5, 0.6) is 0 Å². The van der Waals surface area contributed by atoms with Crippen molar-refractivity contribution >= 4 is 44.8 Å². The van der Waals surface area contributed by atoms with E-state index in [2.05, 4.69) is 20.4 Å². The quantitative estimate of drug-likeness (QED) is 0.609. The zero-order valence-corrected chi connectivity index (χ0v) is 13.6. The van der Waals surface area contributed by atoms with Crippen LogP contribution < -0.4 is 5.32 Å². The van der Waals surface area contributed by atoms with Gasteiger partial charge in [-0.3, -0.25) is 10.1 Å². The van der Waals surface area contributed by atoms with Crippen molar-refractivity contribution < 1.29 is 9.32 Å².